The number of phenols is 1. The van der Waals surface area contributed by atoms with Gasteiger partial charge in [0, 0.05) is 6.54 Å². The van der Waals surface area contributed by atoms with Gasteiger partial charge in [-0.25, -0.2) is 4.39 Å². The van der Waals surface area contributed by atoms with Crippen LogP contribution in [-0.2, 0) is 12.7 Å². The van der Waals surface area contributed by atoms with Crippen LogP contribution in [0.5, 0.6) is 5.75 Å². The molecular formula is C14H11F4NO. The van der Waals surface area contributed by atoms with Crippen LogP contribution in [0.2, 0.25) is 0 Å². The van der Waals surface area contributed by atoms with Crippen LogP contribution in [0.1, 0.15) is 11.1 Å². The van der Waals surface area contributed by atoms with E-state index in [1.54, 1.807) is 12.1 Å². The van der Waals surface area contributed by atoms with Gasteiger partial charge >= 0.3 is 6.18 Å². The second kappa shape index (κ2) is 5.40. The molecule has 6 heteroatoms. The van der Waals surface area contributed by atoms with Gasteiger partial charge in [0.2, 0.25) is 0 Å². The zero-order valence-electron chi connectivity index (χ0n) is 10.2. The highest BCUT2D eigenvalue weighted by Gasteiger charge is 2.31. The van der Waals surface area contributed by atoms with E-state index in [2.05, 4.69) is 5.32 Å². The summed E-state index contributed by atoms with van der Waals surface area (Å²) in [6.45, 7) is 0.104. The fourth-order valence-electron chi connectivity index (χ4n) is 1.70. The van der Waals surface area contributed by atoms with Gasteiger partial charge in [0.15, 0.2) is 0 Å². The number of rotatable bonds is 3. The van der Waals surface area contributed by atoms with Gasteiger partial charge in [-0.15, -0.1) is 0 Å². The average Bonchev–Trinajstić information content (AvgIpc) is 2.36. The lowest BCUT2D eigenvalue weighted by molar-refractivity contribution is -0.137. The van der Waals surface area contributed by atoms with Crippen molar-refractivity contribution in [2.75, 3.05) is 5.32 Å². The molecule has 0 atom stereocenters. The summed E-state index contributed by atoms with van der Waals surface area (Å²) >= 11 is 0. The molecule has 0 amide bonds. The summed E-state index contributed by atoms with van der Waals surface area (Å²) in [6, 6.07) is 8.35. The van der Waals surface area contributed by atoms with Gasteiger partial charge in [-0.2, -0.15) is 13.2 Å². The second-order valence-electron chi connectivity index (χ2n) is 4.22. The summed E-state index contributed by atoms with van der Waals surface area (Å²) in [6.07, 6.45) is -4.52. The maximum atomic E-state index is 13.5. The molecule has 0 radical (unpaired) electrons. The molecular weight excluding hydrogens is 274 g/mol. The first-order valence-corrected chi connectivity index (χ1v) is 5.75. The van der Waals surface area contributed by atoms with E-state index in [-0.39, 0.29) is 18.0 Å². The Bertz CT molecular complexity index is 610. The van der Waals surface area contributed by atoms with Gasteiger partial charge in [0.1, 0.15) is 11.6 Å². The monoisotopic (exact) mass is 285 g/mol. The smallest absolute Gasteiger partial charge is 0.416 e. The second-order valence-corrected chi connectivity index (χ2v) is 4.22. The van der Waals surface area contributed by atoms with Crippen molar-refractivity contribution >= 4 is 5.69 Å². The predicted octanol–water partition coefficient (Wildman–Crippen LogP) is 4.16. The first kappa shape index (κ1) is 14.2. The van der Waals surface area contributed by atoms with Crippen molar-refractivity contribution < 1.29 is 22.7 Å². The molecule has 0 bridgehead atoms. The van der Waals surface area contributed by atoms with E-state index in [9.17, 15) is 22.7 Å². The minimum Gasteiger partial charge on any atom is -0.508 e. The van der Waals surface area contributed by atoms with Gasteiger partial charge in [-0.1, -0.05) is 12.1 Å². The molecule has 2 aromatic carbocycles. The minimum absolute atomic E-state index is 0.0359. The number of benzene rings is 2. The molecule has 0 fully saturated rings. The Balaban J connectivity index is 2.17. The fraction of sp³-hybridized carbons (Fsp3) is 0.143. The van der Waals surface area contributed by atoms with Crippen molar-refractivity contribution in [1.29, 1.82) is 0 Å². The maximum absolute atomic E-state index is 13.5. The van der Waals surface area contributed by atoms with Crippen molar-refractivity contribution in [3.63, 3.8) is 0 Å². The Morgan fingerprint density at radius 3 is 2.45 bits per heavy atom. The topological polar surface area (TPSA) is 32.3 Å². The third kappa shape index (κ3) is 3.40. The quantitative estimate of drug-likeness (QED) is 0.830. The normalized spacial score (nSPS) is 11.4. The molecule has 2 aromatic rings. The van der Waals surface area contributed by atoms with E-state index in [1.807, 2.05) is 0 Å². The number of hydrogen-bond donors (Lipinski definition) is 2. The lowest BCUT2D eigenvalue weighted by Gasteiger charge is -2.12. The molecule has 0 aromatic heterocycles. The SMILES string of the molecule is Oc1cccc(CNc2cc(C(F)(F)F)ccc2F)c1. The molecule has 0 aliphatic rings. The highest BCUT2D eigenvalue weighted by molar-refractivity contribution is 5.48. The Kier molecular flexibility index (Phi) is 3.83. The Hall–Kier alpha value is -2.24. The Morgan fingerprint density at radius 2 is 1.80 bits per heavy atom. The zero-order valence-corrected chi connectivity index (χ0v) is 10.2. The van der Waals surface area contributed by atoms with Crippen molar-refractivity contribution in [1.82, 2.24) is 0 Å². The van der Waals surface area contributed by atoms with Crippen LogP contribution in [0.4, 0.5) is 23.2 Å². The summed E-state index contributed by atoms with van der Waals surface area (Å²) in [4.78, 5) is 0. The molecule has 20 heavy (non-hydrogen) atoms. The number of aromatic hydroxyl groups is 1. The van der Waals surface area contributed by atoms with Crippen LogP contribution in [0, 0.1) is 5.82 Å². The third-order valence-electron chi connectivity index (χ3n) is 2.69. The Morgan fingerprint density at radius 1 is 1.05 bits per heavy atom. The lowest BCUT2D eigenvalue weighted by atomic mass is 10.1. The van der Waals surface area contributed by atoms with Crippen molar-refractivity contribution in [3.05, 3.63) is 59.4 Å². The van der Waals surface area contributed by atoms with E-state index in [4.69, 9.17) is 0 Å². The summed E-state index contributed by atoms with van der Waals surface area (Å²) in [5, 5.41) is 11.8. The van der Waals surface area contributed by atoms with Crippen LogP contribution >= 0.6 is 0 Å². The number of anilines is 1. The number of phenolic OH excluding ortho intramolecular Hbond substituents is 1. The number of hydrogen-bond acceptors (Lipinski definition) is 2. The molecule has 2 N–H and O–H groups in total. The fourth-order valence-corrected chi connectivity index (χ4v) is 1.70. The van der Waals surface area contributed by atoms with E-state index < -0.39 is 17.6 Å². The average molecular weight is 285 g/mol. The van der Waals surface area contributed by atoms with Gasteiger partial charge < -0.3 is 10.4 Å². The lowest BCUT2D eigenvalue weighted by Crippen LogP contribution is -2.08. The largest absolute Gasteiger partial charge is 0.508 e. The number of halogens is 4. The molecule has 106 valence electrons. The van der Waals surface area contributed by atoms with Gasteiger partial charge in [-0.05, 0) is 35.9 Å². The summed E-state index contributed by atoms with van der Waals surface area (Å²) in [5.74, 6) is -0.730. The van der Waals surface area contributed by atoms with Crippen LogP contribution in [-0.4, -0.2) is 5.11 Å². The maximum Gasteiger partial charge on any atom is 0.416 e. The first-order valence-electron chi connectivity index (χ1n) is 5.75. The highest BCUT2D eigenvalue weighted by atomic mass is 19.4. The highest BCUT2D eigenvalue weighted by Crippen LogP contribution is 2.31. The van der Waals surface area contributed by atoms with Crippen LogP contribution in [0.25, 0.3) is 0 Å². The first-order chi connectivity index (χ1) is 9.36. The van der Waals surface area contributed by atoms with E-state index in [0.717, 1.165) is 12.1 Å². The standard InChI is InChI=1S/C14H11F4NO/c15-12-5-4-10(14(16,17)18)7-13(12)19-8-9-2-1-3-11(20)6-9/h1-7,19-20H,8H2. The molecule has 0 aliphatic carbocycles. The zero-order chi connectivity index (χ0) is 14.8. The van der Waals surface area contributed by atoms with Crippen molar-refractivity contribution in [2.24, 2.45) is 0 Å². The van der Waals surface area contributed by atoms with Crippen molar-refractivity contribution in [3.8, 4) is 5.75 Å². The molecule has 0 saturated carbocycles. The number of alkyl halides is 3. The van der Waals surface area contributed by atoms with Gasteiger partial charge in [-0.3, -0.25) is 0 Å². The third-order valence-corrected chi connectivity index (χ3v) is 2.69. The van der Waals surface area contributed by atoms with Crippen LogP contribution < -0.4 is 5.32 Å². The predicted molar refractivity (Wildman–Crippen MR) is 66.8 cm³/mol. The van der Waals surface area contributed by atoms with E-state index >= 15 is 0 Å². The summed E-state index contributed by atoms with van der Waals surface area (Å²) in [5.41, 5.74) is -0.526. The van der Waals surface area contributed by atoms with Crippen LogP contribution in [0.15, 0.2) is 42.5 Å². The van der Waals surface area contributed by atoms with Crippen LogP contribution in [0.3, 0.4) is 0 Å². The summed E-state index contributed by atoms with van der Waals surface area (Å²) < 4.78 is 51.1. The molecule has 0 spiro atoms. The molecule has 0 heterocycles. The van der Waals surface area contributed by atoms with E-state index in [0.29, 0.717) is 11.6 Å². The van der Waals surface area contributed by atoms with Gasteiger partial charge in [0.05, 0.1) is 11.3 Å². The van der Waals surface area contributed by atoms with Crippen molar-refractivity contribution in [2.45, 2.75) is 12.7 Å². The molecule has 2 nitrogen and oxygen atoms in total. The van der Waals surface area contributed by atoms with Gasteiger partial charge in [0.25, 0.3) is 0 Å². The molecule has 2 rings (SSSR count). The van der Waals surface area contributed by atoms with E-state index in [1.165, 1.54) is 12.1 Å². The molecule has 0 unspecified atom stereocenters. The number of nitrogens with one attached hydrogen (secondary N) is 1. The summed E-state index contributed by atoms with van der Waals surface area (Å²) in [7, 11) is 0. The molecule has 0 saturated heterocycles. The minimum atomic E-state index is -4.52. The molecule has 0 aliphatic heterocycles. The Labute approximate surface area is 112 Å².